The minimum Gasteiger partial charge on any atom is -0.497 e. The van der Waals surface area contributed by atoms with Crippen LogP contribution in [0.5, 0.6) is 11.5 Å². The largest absolute Gasteiger partial charge is 0.497 e. The molecule has 34 heavy (non-hydrogen) atoms. The zero-order chi connectivity index (χ0) is 24.1. The minimum absolute atomic E-state index is 0.124. The maximum atomic E-state index is 13.3. The van der Waals surface area contributed by atoms with Crippen LogP contribution in [0.1, 0.15) is 27.4 Å². The number of nitrogens with one attached hydrogen (secondary N) is 1. The summed E-state index contributed by atoms with van der Waals surface area (Å²) in [5.41, 5.74) is 2.18. The van der Waals surface area contributed by atoms with E-state index in [1.165, 1.54) is 12.1 Å². The van der Waals surface area contributed by atoms with Crippen LogP contribution in [0.15, 0.2) is 72.8 Å². The lowest BCUT2D eigenvalue weighted by molar-refractivity contribution is -0.125. The Balaban J connectivity index is 1.61. The van der Waals surface area contributed by atoms with E-state index >= 15 is 0 Å². The lowest BCUT2D eigenvalue weighted by atomic mass is 9.87. The Morgan fingerprint density at radius 2 is 1.71 bits per heavy atom. The Morgan fingerprint density at radius 3 is 2.38 bits per heavy atom. The van der Waals surface area contributed by atoms with E-state index in [0.717, 1.165) is 11.1 Å². The lowest BCUT2D eigenvalue weighted by Crippen LogP contribution is -2.35. The fourth-order valence-electron chi connectivity index (χ4n) is 4.37. The van der Waals surface area contributed by atoms with Gasteiger partial charge in [0.15, 0.2) is 0 Å². The molecule has 4 rings (SSSR count). The first-order chi connectivity index (χ1) is 16.5. The van der Waals surface area contributed by atoms with Crippen molar-refractivity contribution in [2.45, 2.75) is 12.5 Å². The fraction of sp³-hybridized carbons (Fsp3) is 0.259. The van der Waals surface area contributed by atoms with Crippen LogP contribution in [-0.4, -0.2) is 44.0 Å². The molecule has 0 aliphatic carbocycles. The van der Waals surface area contributed by atoms with Crippen LogP contribution in [0.2, 0.25) is 0 Å². The number of carbonyl (C=O) groups is 2. The summed E-state index contributed by atoms with van der Waals surface area (Å²) in [6, 6.07) is 20.5. The van der Waals surface area contributed by atoms with E-state index in [2.05, 4.69) is 5.32 Å². The van der Waals surface area contributed by atoms with Crippen molar-refractivity contribution in [2.75, 3.05) is 27.3 Å². The van der Waals surface area contributed by atoms with Crippen LogP contribution in [-0.2, 0) is 11.3 Å². The molecular formula is C27H27FN2O4. The van der Waals surface area contributed by atoms with Gasteiger partial charge >= 0.3 is 0 Å². The first kappa shape index (κ1) is 23.3. The fourth-order valence-corrected chi connectivity index (χ4v) is 4.37. The molecule has 3 aromatic carbocycles. The van der Waals surface area contributed by atoms with Gasteiger partial charge in [0.1, 0.15) is 17.3 Å². The summed E-state index contributed by atoms with van der Waals surface area (Å²) in [5, 5.41) is 2.95. The van der Waals surface area contributed by atoms with Gasteiger partial charge < -0.3 is 19.7 Å². The van der Waals surface area contributed by atoms with Crippen LogP contribution in [0, 0.1) is 11.7 Å². The smallest absolute Gasteiger partial charge is 0.253 e. The molecule has 0 spiro atoms. The SMILES string of the molecule is COc1ccc(OC)c([C@@H]2CN(C(=O)c3ccccc3)C[C@@H]2C(=O)NCc2ccc(F)cc2)c1. The number of nitrogens with zero attached hydrogens (tertiary/aromatic N) is 1. The molecule has 0 unspecified atom stereocenters. The average Bonchev–Trinajstić information content (AvgIpc) is 3.33. The molecule has 3 aromatic rings. The normalized spacial score (nSPS) is 17.3. The van der Waals surface area contributed by atoms with Crippen molar-refractivity contribution in [2.24, 2.45) is 5.92 Å². The van der Waals surface area contributed by atoms with Gasteiger partial charge in [-0.1, -0.05) is 30.3 Å². The monoisotopic (exact) mass is 462 g/mol. The van der Waals surface area contributed by atoms with E-state index in [1.807, 2.05) is 30.3 Å². The van der Waals surface area contributed by atoms with E-state index in [-0.39, 0.29) is 36.6 Å². The number of halogens is 1. The summed E-state index contributed by atoms with van der Waals surface area (Å²) in [7, 11) is 3.16. The number of rotatable bonds is 7. The molecule has 7 heteroatoms. The number of methoxy groups -OCH3 is 2. The number of benzene rings is 3. The molecule has 2 atom stereocenters. The van der Waals surface area contributed by atoms with Gasteiger partial charge in [-0.3, -0.25) is 9.59 Å². The van der Waals surface area contributed by atoms with Gasteiger partial charge in [-0.05, 0) is 48.0 Å². The Kier molecular flexibility index (Phi) is 7.11. The number of carbonyl (C=O) groups excluding carboxylic acids is 2. The van der Waals surface area contributed by atoms with Crippen molar-refractivity contribution >= 4 is 11.8 Å². The molecule has 176 valence electrons. The second-order valence-electron chi connectivity index (χ2n) is 8.24. The molecule has 1 heterocycles. The summed E-state index contributed by atoms with van der Waals surface area (Å²) < 4.78 is 24.2. The van der Waals surface area contributed by atoms with Crippen molar-refractivity contribution < 1.29 is 23.5 Å². The van der Waals surface area contributed by atoms with Crippen LogP contribution < -0.4 is 14.8 Å². The molecule has 1 aliphatic rings. The van der Waals surface area contributed by atoms with Gasteiger partial charge in [0.05, 0.1) is 20.1 Å². The second kappa shape index (κ2) is 10.4. The number of hydrogen-bond acceptors (Lipinski definition) is 4. The summed E-state index contributed by atoms with van der Waals surface area (Å²) in [6.45, 7) is 0.907. The lowest BCUT2D eigenvalue weighted by Gasteiger charge is -2.21. The van der Waals surface area contributed by atoms with Gasteiger partial charge in [-0.15, -0.1) is 0 Å². The van der Waals surface area contributed by atoms with Crippen LogP contribution in [0.25, 0.3) is 0 Å². The minimum atomic E-state index is -0.492. The topological polar surface area (TPSA) is 67.9 Å². The van der Waals surface area contributed by atoms with Gasteiger partial charge in [-0.25, -0.2) is 4.39 Å². The third-order valence-electron chi connectivity index (χ3n) is 6.18. The second-order valence-corrected chi connectivity index (χ2v) is 8.24. The molecule has 1 N–H and O–H groups in total. The number of hydrogen-bond donors (Lipinski definition) is 1. The highest BCUT2D eigenvalue weighted by Crippen LogP contribution is 2.40. The Morgan fingerprint density at radius 1 is 0.971 bits per heavy atom. The molecular weight excluding hydrogens is 435 g/mol. The van der Waals surface area contributed by atoms with Crippen molar-refractivity contribution in [3.05, 3.63) is 95.3 Å². The highest BCUT2D eigenvalue weighted by molar-refractivity contribution is 5.95. The summed E-state index contributed by atoms with van der Waals surface area (Å²) in [5.74, 6) is -0.125. The van der Waals surface area contributed by atoms with Crippen LogP contribution in [0.3, 0.4) is 0 Å². The predicted octanol–water partition coefficient (Wildman–Crippen LogP) is 4.02. The molecule has 1 saturated heterocycles. The average molecular weight is 463 g/mol. The van der Waals surface area contributed by atoms with E-state index < -0.39 is 5.92 Å². The van der Waals surface area contributed by atoms with Gasteiger partial charge in [0.25, 0.3) is 5.91 Å². The molecule has 0 saturated carbocycles. The number of ether oxygens (including phenoxy) is 2. The Labute approximate surface area is 198 Å². The Hall–Kier alpha value is -3.87. The van der Waals surface area contributed by atoms with Crippen molar-refractivity contribution in [3.8, 4) is 11.5 Å². The number of amides is 2. The third kappa shape index (κ3) is 5.03. The maximum Gasteiger partial charge on any atom is 0.253 e. The molecule has 1 fully saturated rings. The third-order valence-corrected chi connectivity index (χ3v) is 6.18. The van der Waals surface area contributed by atoms with Crippen molar-refractivity contribution in [1.29, 1.82) is 0 Å². The van der Waals surface area contributed by atoms with E-state index in [0.29, 0.717) is 23.6 Å². The van der Waals surface area contributed by atoms with Gasteiger partial charge in [0, 0.05) is 36.7 Å². The van der Waals surface area contributed by atoms with Crippen molar-refractivity contribution in [1.82, 2.24) is 10.2 Å². The first-order valence-electron chi connectivity index (χ1n) is 11.1. The maximum absolute atomic E-state index is 13.3. The Bertz CT molecular complexity index is 1150. The van der Waals surface area contributed by atoms with Gasteiger partial charge in [-0.2, -0.15) is 0 Å². The van der Waals surface area contributed by atoms with Crippen LogP contribution >= 0.6 is 0 Å². The molecule has 0 aromatic heterocycles. The van der Waals surface area contributed by atoms with Crippen molar-refractivity contribution in [3.63, 3.8) is 0 Å². The molecule has 6 nitrogen and oxygen atoms in total. The molecule has 2 amide bonds. The highest BCUT2D eigenvalue weighted by Gasteiger charge is 2.41. The standard InChI is InChI=1S/C27H27FN2O4/c1-33-21-12-13-25(34-2)22(14-21)23-16-30(27(32)19-6-4-3-5-7-19)17-24(23)26(31)29-15-18-8-10-20(28)11-9-18/h3-14,23-24H,15-17H2,1-2H3,(H,29,31)/t23-,24-/m0/s1. The summed E-state index contributed by atoms with van der Waals surface area (Å²) in [6.07, 6.45) is 0. The number of likely N-dealkylation sites (tertiary alicyclic amines) is 1. The summed E-state index contributed by atoms with van der Waals surface area (Å²) in [4.78, 5) is 28.2. The highest BCUT2D eigenvalue weighted by atomic mass is 19.1. The zero-order valence-corrected chi connectivity index (χ0v) is 19.2. The van der Waals surface area contributed by atoms with Gasteiger partial charge in [0.2, 0.25) is 5.91 Å². The van der Waals surface area contributed by atoms with E-state index in [4.69, 9.17) is 9.47 Å². The first-order valence-corrected chi connectivity index (χ1v) is 11.1. The molecule has 1 aliphatic heterocycles. The molecule has 0 bridgehead atoms. The molecule has 0 radical (unpaired) electrons. The quantitative estimate of drug-likeness (QED) is 0.576. The zero-order valence-electron chi connectivity index (χ0n) is 19.2. The van der Waals surface area contributed by atoms with E-state index in [1.54, 1.807) is 49.5 Å². The summed E-state index contributed by atoms with van der Waals surface area (Å²) >= 11 is 0. The van der Waals surface area contributed by atoms with E-state index in [9.17, 15) is 14.0 Å². The van der Waals surface area contributed by atoms with Crippen LogP contribution in [0.4, 0.5) is 4.39 Å². The predicted molar refractivity (Wildman–Crippen MR) is 126 cm³/mol.